The van der Waals surface area contributed by atoms with Crippen molar-refractivity contribution in [1.29, 1.82) is 0 Å². The van der Waals surface area contributed by atoms with Gasteiger partial charge < -0.3 is 14.4 Å². The van der Waals surface area contributed by atoms with Crippen LogP contribution in [0.25, 0.3) is 0 Å². The van der Waals surface area contributed by atoms with Gasteiger partial charge in [-0.05, 0) is 17.9 Å². The van der Waals surface area contributed by atoms with E-state index in [0.717, 1.165) is 19.4 Å². The minimum Gasteiger partial charge on any atom is -0.346 e. The molecule has 18 heavy (non-hydrogen) atoms. The Morgan fingerprint density at radius 1 is 1.44 bits per heavy atom. The van der Waals surface area contributed by atoms with Gasteiger partial charge in [0.2, 0.25) is 0 Å². The molecule has 3 heterocycles. The fourth-order valence-electron chi connectivity index (χ4n) is 2.48. The number of hydrogen-bond acceptors (Lipinski definition) is 4. The van der Waals surface area contributed by atoms with Crippen LogP contribution in [0.5, 0.6) is 0 Å². The number of likely N-dealkylation sites (tertiary alicyclic amines) is 1. The van der Waals surface area contributed by atoms with Gasteiger partial charge in [0, 0.05) is 13.0 Å². The molecule has 98 valence electrons. The highest BCUT2D eigenvalue weighted by molar-refractivity contribution is 7.12. The summed E-state index contributed by atoms with van der Waals surface area (Å²) in [6, 6.07) is 1.75. The van der Waals surface area contributed by atoms with Crippen molar-refractivity contribution < 1.29 is 14.3 Å². The van der Waals surface area contributed by atoms with Crippen LogP contribution in [0.2, 0.25) is 5.02 Å². The molecule has 6 heteroatoms. The maximum Gasteiger partial charge on any atom is 0.265 e. The summed E-state index contributed by atoms with van der Waals surface area (Å²) in [5.74, 6) is -0.592. The summed E-state index contributed by atoms with van der Waals surface area (Å²) in [6.45, 7) is 2.46. The number of thiophene rings is 1. The number of halogens is 1. The van der Waals surface area contributed by atoms with Gasteiger partial charge in [-0.3, -0.25) is 4.79 Å². The number of carbonyl (C=O) groups excluding carboxylic acids is 1. The third kappa shape index (κ3) is 2.16. The van der Waals surface area contributed by atoms with Crippen molar-refractivity contribution in [2.24, 2.45) is 0 Å². The summed E-state index contributed by atoms with van der Waals surface area (Å²) in [4.78, 5) is 14.8. The van der Waals surface area contributed by atoms with Crippen LogP contribution in [-0.4, -0.2) is 42.9 Å². The molecule has 4 nitrogen and oxygen atoms in total. The van der Waals surface area contributed by atoms with Crippen LogP contribution in [0.3, 0.4) is 0 Å². The van der Waals surface area contributed by atoms with Crippen LogP contribution in [0.4, 0.5) is 0 Å². The Labute approximate surface area is 114 Å². The predicted molar refractivity (Wildman–Crippen MR) is 69.1 cm³/mol. The number of nitrogens with zero attached hydrogens (tertiary/aromatic N) is 1. The highest BCUT2D eigenvalue weighted by Gasteiger charge is 2.42. The largest absolute Gasteiger partial charge is 0.346 e. The Morgan fingerprint density at radius 3 is 2.89 bits per heavy atom. The zero-order valence-corrected chi connectivity index (χ0v) is 11.4. The molecular weight excluding hydrogens is 274 g/mol. The lowest BCUT2D eigenvalue weighted by molar-refractivity contribution is -0.183. The second-order valence-corrected chi connectivity index (χ2v) is 5.86. The SMILES string of the molecule is O=C(c1sccc1Cl)N1CCCC2(C1)OCCO2. The molecule has 2 fully saturated rings. The first kappa shape index (κ1) is 12.4. The minimum absolute atomic E-state index is 0.0202. The molecule has 0 radical (unpaired) electrons. The van der Waals surface area contributed by atoms with Crippen molar-refractivity contribution in [2.45, 2.75) is 18.6 Å². The average molecular weight is 288 g/mol. The fourth-order valence-corrected chi connectivity index (χ4v) is 3.59. The summed E-state index contributed by atoms with van der Waals surface area (Å²) < 4.78 is 11.3. The number of hydrogen-bond donors (Lipinski definition) is 0. The van der Waals surface area contributed by atoms with Crippen molar-refractivity contribution in [3.05, 3.63) is 21.3 Å². The van der Waals surface area contributed by atoms with Gasteiger partial charge in [0.25, 0.3) is 5.91 Å². The number of ether oxygens (including phenoxy) is 2. The Bertz CT molecular complexity index is 456. The molecule has 0 atom stereocenters. The van der Waals surface area contributed by atoms with Crippen LogP contribution in [-0.2, 0) is 9.47 Å². The van der Waals surface area contributed by atoms with Crippen molar-refractivity contribution in [1.82, 2.24) is 4.90 Å². The second-order valence-electron chi connectivity index (χ2n) is 4.54. The summed E-state index contributed by atoms with van der Waals surface area (Å²) in [5.41, 5.74) is 0. The van der Waals surface area contributed by atoms with E-state index in [-0.39, 0.29) is 5.91 Å². The standard InChI is InChI=1S/C12H14ClNO3S/c13-9-2-7-18-10(9)11(15)14-4-1-3-12(8-14)16-5-6-17-12/h2,7H,1,3-6,8H2. The first-order valence-corrected chi connectivity index (χ1v) is 7.26. The maximum absolute atomic E-state index is 12.4. The van der Waals surface area contributed by atoms with E-state index < -0.39 is 5.79 Å². The third-order valence-electron chi connectivity index (χ3n) is 3.33. The molecule has 1 aromatic heterocycles. The molecular formula is C12H14ClNO3S. The van der Waals surface area contributed by atoms with Crippen molar-refractivity contribution in [2.75, 3.05) is 26.3 Å². The normalized spacial score (nSPS) is 22.6. The lowest BCUT2D eigenvalue weighted by Crippen LogP contribution is -2.50. The van der Waals surface area contributed by atoms with Gasteiger partial charge in [-0.15, -0.1) is 11.3 Å². The van der Waals surface area contributed by atoms with E-state index in [1.807, 2.05) is 5.38 Å². The first-order valence-electron chi connectivity index (χ1n) is 6.00. The van der Waals surface area contributed by atoms with E-state index in [1.54, 1.807) is 11.0 Å². The lowest BCUT2D eigenvalue weighted by atomic mass is 10.0. The summed E-state index contributed by atoms with van der Waals surface area (Å²) in [7, 11) is 0. The highest BCUT2D eigenvalue weighted by Crippen LogP contribution is 2.32. The van der Waals surface area contributed by atoms with Gasteiger partial charge in [-0.25, -0.2) is 0 Å². The van der Waals surface area contributed by atoms with E-state index >= 15 is 0 Å². The maximum atomic E-state index is 12.4. The van der Waals surface area contributed by atoms with E-state index in [1.165, 1.54) is 11.3 Å². The average Bonchev–Trinajstić information content (AvgIpc) is 2.98. The zero-order chi connectivity index (χ0) is 12.6. The molecule has 1 spiro atoms. The smallest absolute Gasteiger partial charge is 0.265 e. The Hall–Kier alpha value is -0.620. The van der Waals surface area contributed by atoms with Gasteiger partial charge in [0.15, 0.2) is 5.79 Å². The summed E-state index contributed by atoms with van der Waals surface area (Å²) in [5, 5.41) is 2.36. The van der Waals surface area contributed by atoms with Gasteiger partial charge in [-0.2, -0.15) is 0 Å². The Balaban J connectivity index is 1.76. The highest BCUT2D eigenvalue weighted by atomic mass is 35.5. The predicted octanol–water partition coefficient (Wildman–Crippen LogP) is 2.38. The van der Waals surface area contributed by atoms with E-state index in [2.05, 4.69) is 0 Å². The Morgan fingerprint density at radius 2 is 2.22 bits per heavy atom. The Kier molecular flexibility index (Phi) is 3.32. The first-order chi connectivity index (χ1) is 8.70. The van der Waals surface area contributed by atoms with Crippen molar-refractivity contribution in [3.63, 3.8) is 0 Å². The van der Waals surface area contributed by atoms with Gasteiger partial charge in [-0.1, -0.05) is 11.6 Å². The number of piperidine rings is 1. The topological polar surface area (TPSA) is 38.8 Å². The quantitative estimate of drug-likeness (QED) is 0.796. The summed E-state index contributed by atoms with van der Waals surface area (Å²) >= 11 is 7.38. The van der Waals surface area contributed by atoms with Crippen molar-refractivity contribution in [3.8, 4) is 0 Å². The van der Waals surface area contributed by atoms with Gasteiger partial charge in [0.1, 0.15) is 4.88 Å². The fraction of sp³-hybridized carbons (Fsp3) is 0.583. The van der Waals surface area contributed by atoms with Crippen LogP contribution < -0.4 is 0 Å². The molecule has 0 unspecified atom stereocenters. The molecule has 0 bridgehead atoms. The molecule has 1 aromatic rings. The summed E-state index contributed by atoms with van der Waals surface area (Å²) in [6.07, 6.45) is 1.75. The molecule has 2 aliphatic heterocycles. The zero-order valence-electron chi connectivity index (χ0n) is 9.86. The van der Waals surface area contributed by atoms with E-state index in [0.29, 0.717) is 29.7 Å². The monoisotopic (exact) mass is 287 g/mol. The van der Waals surface area contributed by atoms with Crippen LogP contribution in [0.15, 0.2) is 11.4 Å². The molecule has 2 saturated heterocycles. The minimum atomic E-state index is -0.572. The number of amides is 1. The molecule has 0 aliphatic carbocycles. The van der Waals surface area contributed by atoms with Crippen molar-refractivity contribution >= 4 is 28.8 Å². The van der Waals surface area contributed by atoms with Gasteiger partial charge >= 0.3 is 0 Å². The lowest BCUT2D eigenvalue weighted by Gasteiger charge is -2.38. The molecule has 0 N–H and O–H groups in total. The van der Waals surface area contributed by atoms with Crippen LogP contribution in [0.1, 0.15) is 22.5 Å². The second kappa shape index (κ2) is 4.81. The third-order valence-corrected chi connectivity index (χ3v) is 4.66. The van der Waals surface area contributed by atoms with E-state index in [4.69, 9.17) is 21.1 Å². The number of rotatable bonds is 1. The molecule has 0 saturated carbocycles. The molecule has 3 rings (SSSR count). The molecule has 0 aromatic carbocycles. The van der Waals surface area contributed by atoms with Crippen LogP contribution >= 0.6 is 22.9 Å². The molecule has 1 amide bonds. The van der Waals surface area contributed by atoms with E-state index in [9.17, 15) is 4.79 Å². The number of carbonyl (C=O) groups is 1. The van der Waals surface area contributed by atoms with Gasteiger partial charge in [0.05, 0.1) is 24.8 Å². The molecule has 2 aliphatic rings. The van der Waals surface area contributed by atoms with Crippen LogP contribution in [0, 0.1) is 0 Å².